The minimum atomic E-state index is -0.330. The molecule has 0 unspecified atom stereocenters. The molecule has 0 radical (unpaired) electrons. The molecule has 0 aromatic rings. The van der Waals surface area contributed by atoms with Gasteiger partial charge in [0.05, 0.1) is 5.60 Å². The van der Waals surface area contributed by atoms with Crippen molar-refractivity contribution in [3.63, 3.8) is 0 Å². The summed E-state index contributed by atoms with van der Waals surface area (Å²) in [7, 11) is 0. The van der Waals surface area contributed by atoms with E-state index in [4.69, 9.17) is 0 Å². The van der Waals surface area contributed by atoms with E-state index < -0.39 is 0 Å². The van der Waals surface area contributed by atoms with Gasteiger partial charge in [0, 0.05) is 12.8 Å². The molecule has 2 aliphatic carbocycles. The van der Waals surface area contributed by atoms with Crippen LogP contribution in [0.1, 0.15) is 70.6 Å². The first-order chi connectivity index (χ1) is 7.71. The van der Waals surface area contributed by atoms with Crippen molar-refractivity contribution < 1.29 is 9.90 Å². The Morgan fingerprint density at radius 1 is 0.938 bits per heavy atom. The molecule has 2 rings (SSSR count). The molecule has 0 spiro atoms. The van der Waals surface area contributed by atoms with Crippen molar-refractivity contribution in [3.8, 4) is 0 Å². The van der Waals surface area contributed by atoms with Gasteiger partial charge in [-0.15, -0.1) is 0 Å². The van der Waals surface area contributed by atoms with Crippen LogP contribution in [0, 0.1) is 5.92 Å². The van der Waals surface area contributed by atoms with Gasteiger partial charge in [-0.1, -0.05) is 19.3 Å². The van der Waals surface area contributed by atoms with Crippen molar-refractivity contribution in [1.29, 1.82) is 0 Å². The number of carbonyl (C=O) groups is 1. The minimum absolute atomic E-state index is 0.330. The first kappa shape index (κ1) is 12.1. The van der Waals surface area contributed by atoms with Crippen LogP contribution in [0.25, 0.3) is 0 Å². The van der Waals surface area contributed by atoms with Crippen LogP contribution in [0.5, 0.6) is 0 Å². The average molecular weight is 224 g/mol. The number of rotatable bonds is 0. The van der Waals surface area contributed by atoms with Gasteiger partial charge in [0.15, 0.2) is 0 Å². The zero-order chi connectivity index (χ0) is 11.4. The lowest BCUT2D eigenvalue weighted by molar-refractivity contribution is -0.120. The molecular weight excluding hydrogens is 200 g/mol. The molecule has 0 bridgehead atoms. The van der Waals surface area contributed by atoms with Crippen molar-refractivity contribution in [1.82, 2.24) is 0 Å². The summed E-state index contributed by atoms with van der Waals surface area (Å²) in [6, 6.07) is 0. The van der Waals surface area contributed by atoms with Crippen molar-refractivity contribution in [2.24, 2.45) is 5.92 Å². The summed E-state index contributed by atoms with van der Waals surface area (Å²) in [4.78, 5) is 11.5. The van der Waals surface area contributed by atoms with Crippen LogP contribution in [0.3, 0.4) is 0 Å². The van der Waals surface area contributed by atoms with E-state index in [1.54, 1.807) is 0 Å². The second-order valence-electron chi connectivity index (χ2n) is 5.68. The van der Waals surface area contributed by atoms with Crippen LogP contribution in [0.2, 0.25) is 0 Å². The lowest BCUT2D eigenvalue weighted by atomic mass is 9.65. The van der Waals surface area contributed by atoms with E-state index in [2.05, 4.69) is 0 Å². The third-order valence-corrected chi connectivity index (χ3v) is 4.51. The van der Waals surface area contributed by atoms with Crippen molar-refractivity contribution in [2.45, 2.75) is 76.2 Å². The minimum Gasteiger partial charge on any atom is -0.390 e. The van der Waals surface area contributed by atoms with Crippen molar-refractivity contribution in [3.05, 3.63) is 0 Å². The van der Waals surface area contributed by atoms with Crippen molar-refractivity contribution in [2.75, 3.05) is 0 Å². The molecule has 16 heavy (non-hydrogen) atoms. The standard InChI is InChI=1S/C14H24O2/c15-13-7-2-1-5-10-14(16)11-9-12(14)6-3-4-8-13/h12,16H,1-11H2/t12-,14-/m0/s1. The van der Waals surface area contributed by atoms with E-state index in [1.807, 2.05) is 0 Å². The smallest absolute Gasteiger partial charge is 0.132 e. The number of hydrogen-bond donors (Lipinski definition) is 1. The second kappa shape index (κ2) is 5.31. The molecule has 0 saturated heterocycles. The number of hydrogen-bond acceptors (Lipinski definition) is 2. The van der Waals surface area contributed by atoms with Gasteiger partial charge in [-0.3, -0.25) is 4.79 Å². The Bertz CT molecular complexity index is 249. The molecule has 92 valence electrons. The molecular formula is C14H24O2. The van der Waals surface area contributed by atoms with Crippen LogP contribution in [0.15, 0.2) is 0 Å². The van der Waals surface area contributed by atoms with E-state index in [1.165, 1.54) is 6.42 Å². The van der Waals surface area contributed by atoms with Gasteiger partial charge >= 0.3 is 0 Å². The maximum absolute atomic E-state index is 11.5. The number of fused-ring (bicyclic) bond motifs is 1. The summed E-state index contributed by atoms with van der Waals surface area (Å²) in [6.07, 6.45) is 11.2. The maximum atomic E-state index is 11.5. The van der Waals surface area contributed by atoms with Crippen LogP contribution >= 0.6 is 0 Å². The average Bonchev–Trinajstić information content (AvgIpc) is 2.25. The summed E-state index contributed by atoms with van der Waals surface area (Å²) in [5, 5.41) is 10.4. The molecule has 0 aliphatic heterocycles. The first-order valence-corrected chi connectivity index (χ1v) is 6.95. The van der Waals surface area contributed by atoms with E-state index in [9.17, 15) is 9.90 Å². The molecule has 2 nitrogen and oxygen atoms in total. The highest BCUT2D eigenvalue weighted by atomic mass is 16.3. The summed E-state index contributed by atoms with van der Waals surface area (Å²) < 4.78 is 0. The molecule has 0 heterocycles. The number of ketones is 1. The first-order valence-electron chi connectivity index (χ1n) is 6.95. The Morgan fingerprint density at radius 2 is 1.69 bits per heavy atom. The van der Waals surface area contributed by atoms with E-state index in [-0.39, 0.29) is 5.60 Å². The highest BCUT2D eigenvalue weighted by Crippen LogP contribution is 2.45. The fraction of sp³-hybridized carbons (Fsp3) is 0.929. The fourth-order valence-electron chi connectivity index (χ4n) is 3.19. The highest BCUT2D eigenvalue weighted by molar-refractivity contribution is 5.78. The number of Topliss-reactive ketones (excluding diaryl/α,β-unsaturated/α-hetero) is 1. The Labute approximate surface area is 98.4 Å². The molecule has 2 aliphatic rings. The summed E-state index contributed by atoms with van der Waals surface area (Å²) in [6.45, 7) is 0. The maximum Gasteiger partial charge on any atom is 0.132 e. The monoisotopic (exact) mass is 224 g/mol. The zero-order valence-electron chi connectivity index (χ0n) is 10.2. The van der Waals surface area contributed by atoms with Gasteiger partial charge in [0.1, 0.15) is 5.78 Å². The Morgan fingerprint density at radius 3 is 2.38 bits per heavy atom. The van der Waals surface area contributed by atoms with Crippen LogP contribution in [-0.4, -0.2) is 16.5 Å². The predicted molar refractivity (Wildman–Crippen MR) is 64.2 cm³/mol. The Balaban J connectivity index is 1.84. The van der Waals surface area contributed by atoms with Gasteiger partial charge in [-0.25, -0.2) is 0 Å². The topological polar surface area (TPSA) is 37.3 Å². The van der Waals surface area contributed by atoms with Gasteiger partial charge in [-0.05, 0) is 44.4 Å². The zero-order valence-corrected chi connectivity index (χ0v) is 10.2. The summed E-state index contributed by atoms with van der Waals surface area (Å²) >= 11 is 0. The van der Waals surface area contributed by atoms with Gasteiger partial charge in [-0.2, -0.15) is 0 Å². The van der Waals surface area contributed by atoms with E-state index in [0.717, 1.165) is 64.2 Å². The number of carbonyl (C=O) groups excluding carboxylic acids is 1. The van der Waals surface area contributed by atoms with E-state index >= 15 is 0 Å². The van der Waals surface area contributed by atoms with E-state index in [0.29, 0.717) is 11.7 Å². The molecule has 2 heteroatoms. The molecule has 1 N–H and O–H groups in total. The molecule has 0 amide bonds. The SMILES string of the molecule is O=C1CCCCC[C@]2(O)CC[C@@H]2CCCC1. The second-order valence-corrected chi connectivity index (χ2v) is 5.68. The summed E-state index contributed by atoms with van der Waals surface area (Å²) in [5.41, 5.74) is -0.330. The molecule has 0 aromatic carbocycles. The van der Waals surface area contributed by atoms with Gasteiger partial charge in [0.2, 0.25) is 0 Å². The fourth-order valence-corrected chi connectivity index (χ4v) is 3.19. The summed E-state index contributed by atoms with van der Waals surface area (Å²) in [5.74, 6) is 0.978. The molecule has 2 fully saturated rings. The van der Waals surface area contributed by atoms with Crippen LogP contribution < -0.4 is 0 Å². The predicted octanol–water partition coefficient (Wildman–Crippen LogP) is 3.22. The molecule has 2 atom stereocenters. The largest absolute Gasteiger partial charge is 0.390 e. The quantitative estimate of drug-likeness (QED) is 0.686. The lowest BCUT2D eigenvalue weighted by Gasteiger charge is -2.46. The Hall–Kier alpha value is -0.370. The third-order valence-electron chi connectivity index (χ3n) is 4.51. The number of aliphatic hydroxyl groups is 1. The lowest BCUT2D eigenvalue weighted by Crippen LogP contribution is -2.47. The Kier molecular flexibility index (Phi) is 4.01. The van der Waals surface area contributed by atoms with Crippen LogP contribution in [0.4, 0.5) is 0 Å². The van der Waals surface area contributed by atoms with Gasteiger partial charge < -0.3 is 5.11 Å². The molecule has 0 aromatic heterocycles. The molecule has 2 saturated carbocycles. The van der Waals surface area contributed by atoms with Crippen molar-refractivity contribution >= 4 is 5.78 Å². The third kappa shape index (κ3) is 2.85. The van der Waals surface area contributed by atoms with Gasteiger partial charge in [0.25, 0.3) is 0 Å². The highest BCUT2D eigenvalue weighted by Gasteiger charge is 2.43. The normalized spacial score (nSPS) is 37.8. The van der Waals surface area contributed by atoms with Crippen LogP contribution in [-0.2, 0) is 4.79 Å².